The molecule has 0 amide bonds. The van der Waals surface area contributed by atoms with Gasteiger partial charge in [-0.1, -0.05) is 45.9 Å². The standard InChI is InChI=1S/C24H26F3NO2/c1-22(2)9-15-20(17(29)11-22)19(13-7-5-6-8-14(13)24(25,26)27)21-16(28-15)10-23(3,4)12-18(21)30/h5-8,19,28H,9-12H2,1-4H3. The lowest BCUT2D eigenvalue weighted by molar-refractivity contribution is -0.138. The Bertz CT molecular complexity index is 960. The van der Waals surface area contributed by atoms with Crippen molar-refractivity contribution >= 4 is 11.6 Å². The van der Waals surface area contributed by atoms with Crippen molar-refractivity contribution in [2.45, 2.75) is 65.5 Å². The number of rotatable bonds is 1. The summed E-state index contributed by atoms with van der Waals surface area (Å²) in [5.41, 5.74) is 0.631. The van der Waals surface area contributed by atoms with Crippen LogP contribution in [0.2, 0.25) is 0 Å². The first-order valence-electron chi connectivity index (χ1n) is 10.2. The second kappa shape index (κ2) is 6.56. The highest BCUT2D eigenvalue weighted by Gasteiger charge is 2.48. The number of hydrogen-bond donors (Lipinski definition) is 1. The van der Waals surface area contributed by atoms with Gasteiger partial charge in [0, 0.05) is 41.3 Å². The van der Waals surface area contributed by atoms with Gasteiger partial charge in [0.1, 0.15) is 0 Å². The molecule has 30 heavy (non-hydrogen) atoms. The van der Waals surface area contributed by atoms with E-state index in [1.807, 2.05) is 27.7 Å². The predicted molar refractivity (Wildman–Crippen MR) is 107 cm³/mol. The maximum Gasteiger partial charge on any atom is 0.416 e. The molecule has 0 spiro atoms. The van der Waals surface area contributed by atoms with Crippen LogP contribution in [0.3, 0.4) is 0 Å². The van der Waals surface area contributed by atoms with Crippen LogP contribution >= 0.6 is 0 Å². The molecule has 1 heterocycles. The van der Waals surface area contributed by atoms with Crippen LogP contribution in [0, 0.1) is 10.8 Å². The van der Waals surface area contributed by atoms with Gasteiger partial charge in [0.25, 0.3) is 0 Å². The Kier molecular flexibility index (Phi) is 4.57. The van der Waals surface area contributed by atoms with Crippen LogP contribution in [0.15, 0.2) is 46.8 Å². The summed E-state index contributed by atoms with van der Waals surface area (Å²) in [5.74, 6) is -1.33. The number of alkyl halides is 3. The van der Waals surface area contributed by atoms with E-state index in [9.17, 15) is 22.8 Å². The van der Waals surface area contributed by atoms with E-state index >= 15 is 0 Å². The van der Waals surface area contributed by atoms with E-state index in [4.69, 9.17) is 0 Å². The van der Waals surface area contributed by atoms with E-state index in [-0.39, 0.29) is 40.8 Å². The van der Waals surface area contributed by atoms with Gasteiger partial charge in [-0.25, -0.2) is 0 Å². The average molecular weight is 417 g/mol. The largest absolute Gasteiger partial charge is 0.416 e. The van der Waals surface area contributed by atoms with Gasteiger partial charge in [0.15, 0.2) is 11.6 Å². The van der Waals surface area contributed by atoms with Gasteiger partial charge < -0.3 is 5.32 Å². The minimum absolute atomic E-state index is 0.00684. The first kappa shape index (κ1) is 20.9. The van der Waals surface area contributed by atoms with Crippen molar-refractivity contribution in [3.05, 3.63) is 57.9 Å². The van der Waals surface area contributed by atoms with Crippen LogP contribution in [0.25, 0.3) is 0 Å². The Morgan fingerprint density at radius 3 is 1.77 bits per heavy atom. The quantitative estimate of drug-likeness (QED) is 0.640. The van der Waals surface area contributed by atoms with Gasteiger partial charge in [-0.15, -0.1) is 0 Å². The second-order valence-electron chi connectivity index (χ2n) is 10.3. The fraction of sp³-hybridized carbons (Fsp3) is 0.500. The molecule has 0 radical (unpaired) electrons. The number of benzene rings is 1. The SMILES string of the molecule is CC1(C)CC(=O)C2=C(C1)NC1=C(C(=O)CC(C)(C)C1)C2c1ccccc1C(F)(F)F. The van der Waals surface area contributed by atoms with Crippen LogP contribution in [-0.2, 0) is 15.8 Å². The van der Waals surface area contributed by atoms with E-state index in [0.717, 1.165) is 6.07 Å². The second-order valence-corrected chi connectivity index (χ2v) is 10.3. The number of hydrogen-bond acceptors (Lipinski definition) is 3. The van der Waals surface area contributed by atoms with Crippen LogP contribution in [0.5, 0.6) is 0 Å². The molecule has 0 atom stereocenters. The molecule has 2 aliphatic carbocycles. The molecule has 6 heteroatoms. The van der Waals surface area contributed by atoms with Crippen LogP contribution < -0.4 is 5.32 Å². The smallest absolute Gasteiger partial charge is 0.362 e. The molecule has 3 aliphatic rings. The highest BCUT2D eigenvalue weighted by atomic mass is 19.4. The number of halogens is 3. The first-order chi connectivity index (χ1) is 13.8. The molecule has 1 aromatic carbocycles. The van der Waals surface area contributed by atoms with Crippen molar-refractivity contribution < 1.29 is 22.8 Å². The Labute approximate surface area is 174 Å². The molecule has 3 nitrogen and oxygen atoms in total. The summed E-state index contributed by atoms with van der Waals surface area (Å²) in [4.78, 5) is 26.4. The minimum Gasteiger partial charge on any atom is -0.362 e. The maximum absolute atomic E-state index is 13.9. The molecule has 0 bridgehead atoms. The molecule has 0 unspecified atom stereocenters. The molecule has 0 aromatic heterocycles. The molecule has 0 saturated carbocycles. The van der Waals surface area contributed by atoms with Gasteiger partial charge in [0.05, 0.1) is 5.56 Å². The maximum atomic E-state index is 13.9. The zero-order valence-corrected chi connectivity index (χ0v) is 17.7. The molecule has 0 saturated heterocycles. The predicted octanol–water partition coefficient (Wildman–Crippen LogP) is 5.68. The number of nitrogens with one attached hydrogen (secondary N) is 1. The average Bonchev–Trinajstić information content (AvgIpc) is 2.57. The number of ketones is 2. The molecule has 4 rings (SSSR count). The summed E-state index contributed by atoms with van der Waals surface area (Å²) in [6.07, 6.45) is -2.95. The van der Waals surface area contributed by atoms with Crippen molar-refractivity contribution in [1.82, 2.24) is 5.32 Å². The topological polar surface area (TPSA) is 46.2 Å². The highest BCUT2D eigenvalue weighted by molar-refractivity contribution is 6.06. The number of carbonyl (C=O) groups is 2. The van der Waals surface area contributed by atoms with Gasteiger partial charge in [-0.05, 0) is 35.3 Å². The summed E-state index contributed by atoms with van der Waals surface area (Å²) >= 11 is 0. The van der Waals surface area contributed by atoms with Crippen molar-refractivity contribution in [3.63, 3.8) is 0 Å². The summed E-state index contributed by atoms with van der Waals surface area (Å²) in [7, 11) is 0. The third kappa shape index (κ3) is 3.50. The van der Waals surface area contributed by atoms with E-state index in [1.165, 1.54) is 12.1 Å². The van der Waals surface area contributed by atoms with Gasteiger partial charge >= 0.3 is 6.18 Å². The number of carbonyl (C=O) groups excluding carboxylic acids is 2. The Hall–Kier alpha value is -2.37. The fourth-order valence-corrected chi connectivity index (χ4v) is 5.21. The zero-order valence-electron chi connectivity index (χ0n) is 17.7. The molecule has 1 N–H and O–H groups in total. The Morgan fingerprint density at radius 1 is 0.833 bits per heavy atom. The molecule has 0 fully saturated rings. The lowest BCUT2D eigenvalue weighted by Gasteiger charge is -2.44. The molecular weight excluding hydrogens is 391 g/mol. The van der Waals surface area contributed by atoms with Crippen molar-refractivity contribution in [1.29, 1.82) is 0 Å². The molecular formula is C24H26F3NO2. The lowest BCUT2D eigenvalue weighted by Crippen LogP contribution is -2.42. The fourth-order valence-electron chi connectivity index (χ4n) is 5.21. The number of dihydropyridines is 1. The van der Waals surface area contributed by atoms with Crippen molar-refractivity contribution in [2.24, 2.45) is 10.8 Å². The first-order valence-corrected chi connectivity index (χ1v) is 10.2. The monoisotopic (exact) mass is 417 g/mol. The normalized spacial score (nSPS) is 23.8. The van der Waals surface area contributed by atoms with Gasteiger partial charge in [-0.2, -0.15) is 13.2 Å². The molecule has 1 aromatic rings. The lowest BCUT2D eigenvalue weighted by atomic mass is 9.64. The van der Waals surface area contributed by atoms with Gasteiger partial charge in [0.2, 0.25) is 0 Å². The molecule has 160 valence electrons. The summed E-state index contributed by atoms with van der Waals surface area (Å²) in [6.45, 7) is 7.92. The number of Topliss-reactive ketones (excluding diaryl/α,β-unsaturated/α-hetero) is 2. The third-order valence-electron chi connectivity index (χ3n) is 6.30. The van der Waals surface area contributed by atoms with E-state index < -0.39 is 17.7 Å². The third-order valence-corrected chi connectivity index (χ3v) is 6.30. The van der Waals surface area contributed by atoms with E-state index in [1.54, 1.807) is 6.07 Å². The number of allylic oxidation sites excluding steroid dienone is 4. The van der Waals surface area contributed by atoms with Crippen molar-refractivity contribution in [3.8, 4) is 0 Å². The van der Waals surface area contributed by atoms with Crippen molar-refractivity contribution in [2.75, 3.05) is 0 Å². The van der Waals surface area contributed by atoms with Crippen LogP contribution in [-0.4, -0.2) is 11.6 Å². The minimum atomic E-state index is -4.57. The van der Waals surface area contributed by atoms with Crippen LogP contribution in [0.4, 0.5) is 13.2 Å². The Balaban J connectivity index is 1.98. The Morgan fingerprint density at radius 2 is 1.30 bits per heavy atom. The van der Waals surface area contributed by atoms with Crippen LogP contribution in [0.1, 0.15) is 70.4 Å². The summed E-state index contributed by atoms with van der Waals surface area (Å²) in [5, 5.41) is 3.32. The van der Waals surface area contributed by atoms with E-state index in [2.05, 4.69) is 5.32 Å². The highest BCUT2D eigenvalue weighted by Crippen LogP contribution is 2.52. The summed E-state index contributed by atoms with van der Waals surface area (Å²) < 4.78 is 41.6. The zero-order chi connectivity index (χ0) is 22.1. The van der Waals surface area contributed by atoms with Gasteiger partial charge in [-0.3, -0.25) is 9.59 Å². The summed E-state index contributed by atoms with van der Waals surface area (Å²) in [6, 6.07) is 5.33. The van der Waals surface area contributed by atoms with E-state index in [0.29, 0.717) is 35.4 Å². The molecule has 1 aliphatic heterocycles.